The molecule has 0 spiro atoms. The Labute approximate surface area is 199 Å². The predicted molar refractivity (Wildman–Crippen MR) is 121 cm³/mol. The van der Waals surface area contributed by atoms with Crippen molar-refractivity contribution >= 4 is 11.5 Å². The molecule has 2 aliphatic rings. The van der Waals surface area contributed by atoms with E-state index in [2.05, 4.69) is 20.0 Å². The number of fused-ring (bicyclic) bond motifs is 2. The second-order valence-corrected chi connectivity index (χ2v) is 9.76. The van der Waals surface area contributed by atoms with Crippen LogP contribution in [-0.4, -0.2) is 42.6 Å². The molecule has 0 aromatic carbocycles. The summed E-state index contributed by atoms with van der Waals surface area (Å²) >= 11 is 0. The first kappa shape index (κ1) is 22.0. The van der Waals surface area contributed by atoms with Crippen LogP contribution in [0.3, 0.4) is 0 Å². The molecule has 1 aliphatic carbocycles. The first-order chi connectivity index (χ1) is 16.7. The topological polar surface area (TPSA) is 85.2 Å². The number of rotatable bonds is 4. The van der Waals surface area contributed by atoms with Crippen LogP contribution in [0.4, 0.5) is 19.0 Å². The van der Waals surface area contributed by atoms with Gasteiger partial charge in [0, 0.05) is 31.4 Å². The van der Waals surface area contributed by atoms with E-state index in [1.165, 1.54) is 16.7 Å². The quantitative estimate of drug-likeness (QED) is 0.409. The van der Waals surface area contributed by atoms with Crippen LogP contribution in [0.1, 0.15) is 56.3 Å². The number of hydrogen-bond donors (Lipinski definition) is 0. The van der Waals surface area contributed by atoms with Crippen LogP contribution < -0.4 is 4.90 Å². The molecule has 0 N–H and O–H groups in total. The van der Waals surface area contributed by atoms with E-state index in [0.717, 1.165) is 38.1 Å². The molecule has 0 amide bonds. The molecule has 1 aliphatic heterocycles. The Hall–Kier alpha value is -3.50. The van der Waals surface area contributed by atoms with Crippen molar-refractivity contribution in [3.05, 3.63) is 54.1 Å². The Morgan fingerprint density at radius 1 is 1.14 bits per heavy atom. The Kier molecular flexibility index (Phi) is 4.87. The molecular weight excluding hydrogens is 459 g/mol. The van der Waals surface area contributed by atoms with E-state index in [9.17, 15) is 13.2 Å². The maximum absolute atomic E-state index is 13.3. The summed E-state index contributed by atoms with van der Waals surface area (Å²) in [4.78, 5) is 20.2. The minimum absolute atomic E-state index is 0.189. The van der Waals surface area contributed by atoms with E-state index in [1.807, 2.05) is 19.9 Å². The molecule has 0 bridgehead atoms. The number of halogens is 3. The summed E-state index contributed by atoms with van der Waals surface area (Å²) in [6, 6.07) is 4.20. The molecule has 5 heterocycles. The number of imidazole rings is 1. The molecule has 182 valence electrons. The van der Waals surface area contributed by atoms with Gasteiger partial charge in [0.2, 0.25) is 5.89 Å². The fraction of sp³-hybridized carbons (Fsp3) is 0.458. The van der Waals surface area contributed by atoms with Crippen molar-refractivity contribution in [3.63, 3.8) is 0 Å². The molecule has 0 unspecified atom stereocenters. The number of nitrogens with zero attached hydrogens (tertiary/aromatic N) is 7. The normalized spacial score (nSPS) is 22.5. The van der Waals surface area contributed by atoms with Crippen LogP contribution in [0.15, 0.2) is 41.3 Å². The summed E-state index contributed by atoms with van der Waals surface area (Å²) in [7, 11) is 0. The highest BCUT2D eigenvalue weighted by Gasteiger charge is 2.54. The molecule has 8 nitrogen and oxygen atoms in total. The maximum atomic E-state index is 13.3. The summed E-state index contributed by atoms with van der Waals surface area (Å²) in [6.07, 6.45) is 2.86. The van der Waals surface area contributed by atoms with Crippen molar-refractivity contribution in [2.45, 2.75) is 50.6 Å². The zero-order valence-electron chi connectivity index (χ0n) is 19.3. The van der Waals surface area contributed by atoms with E-state index >= 15 is 0 Å². The first-order valence-corrected chi connectivity index (χ1v) is 11.7. The van der Waals surface area contributed by atoms with E-state index in [4.69, 9.17) is 14.5 Å². The Balaban J connectivity index is 1.34. The van der Waals surface area contributed by atoms with Crippen molar-refractivity contribution in [3.8, 4) is 11.5 Å². The lowest BCUT2D eigenvalue weighted by Crippen LogP contribution is -2.32. The summed E-state index contributed by atoms with van der Waals surface area (Å²) in [5, 5.41) is 4.19. The summed E-state index contributed by atoms with van der Waals surface area (Å²) in [6.45, 7) is 5.57. The van der Waals surface area contributed by atoms with E-state index in [-0.39, 0.29) is 11.3 Å². The maximum Gasteiger partial charge on any atom is 0.417 e. The Morgan fingerprint density at radius 2 is 2.00 bits per heavy atom. The lowest BCUT2D eigenvalue weighted by atomic mass is 9.80. The largest absolute Gasteiger partial charge is 0.417 e. The number of alkyl halides is 3. The second kappa shape index (κ2) is 7.76. The van der Waals surface area contributed by atoms with Crippen molar-refractivity contribution in [2.24, 2.45) is 5.92 Å². The van der Waals surface area contributed by atoms with Crippen LogP contribution >= 0.6 is 0 Å². The highest BCUT2D eigenvalue weighted by molar-refractivity contribution is 5.59. The molecular formula is C24H24F3N7O. The van der Waals surface area contributed by atoms with Gasteiger partial charge in [-0.2, -0.15) is 18.2 Å². The van der Waals surface area contributed by atoms with Gasteiger partial charge in [0.05, 0.1) is 17.2 Å². The summed E-state index contributed by atoms with van der Waals surface area (Å²) in [5.41, 5.74) is -0.166. The van der Waals surface area contributed by atoms with Crippen LogP contribution in [0, 0.1) is 5.92 Å². The summed E-state index contributed by atoms with van der Waals surface area (Å²) < 4.78 is 46.9. The molecule has 4 aromatic heterocycles. The van der Waals surface area contributed by atoms with Gasteiger partial charge in [-0.3, -0.25) is 4.40 Å². The third-order valence-electron chi connectivity index (χ3n) is 7.28. The highest BCUT2D eigenvalue weighted by atomic mass is 19.4. The van der Waals surface area contributed by atoms with Gasteiger partial charge in [0.15, 0.2) is 11.6 Å². The van der Waals surface area contributed by atoms with Gasteiger partial charge < -0.3 is 9.42 Å². The minimum Gasteiger partial charge on any atom is -0.355 e. The van der Waals surface area contributed by atoms with Crippen LogP contribution in [-0.2, 0) is 11.6 Å². The van der Waals surface area contributed by atoms with Gasteiger partial charge in [-0.25, -0.2) is 15.0 Å². The van der Waals surface area contributed by atoms with Gasteiger partial charge in [0.25, 0.3) is 0 Å². The molecule has 35 heavy (non-hydrogen) atoms. The summed E-state index contributed by atoms with van der Waals surface area (Å²) in [5.74, 6) is 3.01. The Bertz CT molecular complexity index is 1400. The molecule has 6 rings (SSSR count). The average molecular weight is 483 g/mol. The van der Waals surface area contributed by atoms with Gasteiger partial charge in [-0.05, 0) is 37.0 Å². The first-order valence-electron chi connectivity index (χ1n) is 11.7. The molecule has 11 heteroatoms. The van der Waals surface area contributed by atoms with E-state index in [1.54, 1.807) is 6.20 Å². The standard InChI is InChI=1S/C24H24F3N7O/c1-14(2)20-31-22(35-32-20)23-8-3-4-15(23)11-33(13-23)19-7-9-28-21(30-19)17-10-29-18-6-5-16(12-34(17)18)24(25,26)27/h5-7,9-10,12,14-15H,3-4,8,11,13H2,1-2H3/t15-,23-/m0/s1. The van der Waals surface area contributed by atoms with Crippen molar-refractivity contribution < 1.29 is 17.7 Å². The lowest BCUT2D eigenvalue weighted by molar-refractivity contribution is -0.137. The smallest absolute Gasteiger partial charge is 0.355 e. The Morgan fingerprint density at radius 3 is 2.77 bits per heavy atom. The predicted octanol–water partition coefficient (Wildman–Crippen LogP) is 4.87. The molecule has 4 aromatic rings. The van der Waals surface area contributed by atoms with Gasteiger partial charge in [-0.15, -0.1) is 0 Å². The van der Waals surface area contributed by atoms with Crippen LogP contribution in [0.25, 0.3) is 17.2 Å². The van der Waals surface area contributed by atoms with Crippen LogP contribution in [0.5, 0.6) is 0 Å². The molecule has 1 saturated carbocycles. The van der Waals surface area contributed by atoms with Crippen molar-refractivity contribution in [1.82, 2.24) is 29.5 Å². The van der Waals surface area contributed by atoms with Crippen molar-refractivity contribution in [2.75, 3.05) is 18.0 Å². The fourth-order valence-corrected chi connectivity index (χ4v) is 5.45. The monoisotopic (exact) mass is 483 g/mol. The van der Waals surface area contributed by atoms with Crippen LogP contribution in [0.2, 0.25) is 0 Å². The van der Waals surface area contributed by atoms with Gasteiger partial charge in [0.1, 0.15) is 17.2 Å². The average Bonchev–Trinajstić information content (AvgIpc) is 3.60. The fourth-order valence-electron chi connectivity index (χ4n) is 5.45. The SMILES string of the molecule is CC(C)c1noc([C@]23CCC[C@H]2CN(c2ccnc(-c4cnc5ccc(C(F)(F)F)cn45)n2)C3)n1. The number of aromatic nitrogens is 6. The molecule has 1 saturated heterocycles. The number of hydrogen-bond acceptors (Lipinski definition) is 7. The lowest BCUT2D eigenvalue weighted by Gasteiger charge is -2.24. The highest BCUT2D eigenvalue weighted by Crippen LogP contribution is 2.50. The molecule has 0 radical (unpaired) electrons. The molecule has 2 fully saturated rings. The minimum atomic E-state index is -4.45. The van der Waals surface area contributed by atoms with E-state index in [0.29, 0.717) is 47.2 Å². The third-order valence-corrected chi connectivity index (χ3v) is 7.28. The number of pyridine rings is 1. The number of anilines is 1. The van der Waals surface area contributed by atoms with E-state index < -0.39 is 11.7 Å². The van der Waals surface area contributed by atoms with Crippen molar-refractivity contribution in [1.29, 1.82) is 0 Å². The molecule has 2 atom stereocenters. The third kappa shape index (κ3) is 3.55. The van der Waals surface area contributed by atoms with Gasteiger partial charge in [-0.1, -0.05) is 25.4 Å². The zero-order chi connectivity index (χ0) is 24.4. The van der Waals surface area contributed by atoms with Gasteiger partial charge >= 0.3 is 6.18 Å². The zero-order valence-corrected chi connectivity index (χ0v) is 19.3. The second-order valence-electron chi connectivity index (χ2n) is 9.76.